The lowest BCUT2D eigenvalue weighted by Crippen LogP contribution is -2.58. The van der Waals surface area contributed by atoms with Gasteiger partial charge in [-0.2, -0.15) is 0 Å². The zero-order chi connectivity index (χ0) is 17.3. The molecule has 0 aromatic carbocycles. The number of carbonyl (C=O) groups is 1. The van der Waals surface area contributed by atoms with Crippen LogP contribution in [0.1, 0.15) is 48.9 Å². The second kappa shape index (κ2) is 6.62. The molecule has 0 saturated heterocycles. The van der Waals surface area contributed by atoms with Crippen LogP contribution in [-0.4, -0.2) is 33.6 Å². The summed E-state index contributed by atoms with van der Waals surface area (Å²) in [5.41, 5.74) is 5.24. The summed E-state index contributed by atoms with van der Waals surface area (Å²) in [5, 5.41) is 0. The van der Waals surface area contributed by atoms with Crippen molar-refractivity contribution in [1.29, 1.82) is 0 Å². The van der Waals surface area contributed by atoms with Crippen LogP contribution >= 0.6 is 0 Å². The molecule has 1 aromatic rings. The smallest absolute Gasteiger partial charge is 0.373 e. The van der Waals surface area contributed by atoms with Gasteiger partial charge in [-0.25, -0.2) is 17.9 Å². The summed E-state index contributed by atoms with van der Waals surface area (Å²) < 4.78 is 38.1. The van der Waals surface area contributed by atoms with Gasteiger partial charge in [-0.1, -0.05) is 19.8 Å². The third-order valence-corrected chi connectivity index (χ3v) is 6.36. The maximum absolute atomic E-state index is 12.8. The van der Waals surface area contributed by atoms with Gasteiger partial charge in [0.25, 0.3) is 0 Å². The predicted octanol–water partition coefficient (Wildman–Crippen LogP) is 1.56. The number of carbonyl (C=O) groups excluding carboxylic acids is 1. The number of furan rings is 1. The van der Waals surface area contributed by atoms with E-state index in [0.717, 1.165) is 19.3 Å². The summed E-state index contributed by atoms with van der Waals surface area (Å²) in [6.45, 7) is 3.74. The van der Waals surface area contributed by atoms with Crippen molar-refractivity contribution in [1.82, 2.24) is 4.72 Å². The van der Waals surface area contributed by atoms with Crippen LogP contribution in [0.2, 0.25) is 0 Å². The van der Waals surface area contributed by atoms with Crippen LogP contribution in [0.3, 0.4) is 0 Å². The number of aryl methyl sites for hydroxylation is 1. The molecule has 7 nitrogen and oxygen atoms in total. The molecule has 0 radical (unpaired) electrons. The molecule has 0 amide bonds. The van der Waals surface area contributed by atoms with E-state index in [4.69, 9.17) is 10.2 Å². The van der Waals surface area contributed by atoms with Crippen LogP contribution in [0.25, 0.3) is 0 Å². The molecule has 2 atom stereocenters. The summed E-state index contributed by atoms with van der Waals surface area (Å²) in [6, 6.07) is 1.20. The maximum atomic E-state index is 12.8. The van der Waals surface area contributed by atoms with Gasteiger partial charge < -0.3 is 14.9 Å². The van der Waals surface area contributed by atoms with Crippen molar-refractivity contribution < 1.29 is 22.4 Å². The van der Waals surface area contributed by atoms with E-state index in [1.54, 1.807) is 0 Å². The Bertz CT molecular complexity index is 682. The van der Waals surface area contributed by atoms with Crippen molar-refractivity contribution in [2.45, 2.75) is 50.0 Å². The number of nitrogens with two attached hydrogens (primary N) is 1. The molecule has 1 aliphatic rings. The van der Waals surface area contributed by atoms with Crippen LogP contribution in [0.4, 0.5) is 0 Å². The van der Waals surface area contributed by atoms with Crippen molar-refractivity contribution in [3.63, 3.8) is 0 Å². The molecule has 8 heteroatoms. The first-order valence-corrected chi connectivity index (χ1v) is 9.17. The first kappa shape index (κ1) is 18.0. The fourth-order valence-electron chi connectivity index (χ4n) is 3.17. The highest BCUT2D eigenvalue weighted by molar-refractivity contribution is 7.89. The average Bonchev–Trinajstić information content (AvgIpc) is 2.91. The van der Waals surface area contributed by atoms with Crippen LogP contribution in [-0.2, 0) is 14.8 Å². The second-order valence-corrected chi connectivity index (χ2v) is 7.79. The molecule has 23 heavy (non-hydrogen) atoms. The van der Waals surface area contributed by atoms with E-state index in [0.29, 0.717) is 6.42 Å². The summed E-state index contributed by atoms with van der Waals surface area (Å²) in [5.74, 6) is -0.560. The van der Waals surface area contributed by atoms with E-state index >= 15 is 0 Å². The number of hydrogen-bond acceptors (Lipinski definition) is 6. The summed E-state index contributed by atoms with van der Waals surface area (Å²) in [7, 11) is -2.64. The van der Waals surface area contributed by atoms with Crippen LogP contribution < -0.4 is 10.5 Å². The zero-order valence-electron chi connectivity index (χ0n) is 13.7. The fraction of sp³-hybridized carbons (Fsp3) is 0.667. The molecular weight excluding hydrogens is 320 g/mol. The van der Waals surface area contributed by atoms with Crippen molar-refractivity contribution in [2.24, 2.45) is 11.7 Å². The van der Waals surface area contributed by atoms with Gasteiger partial charge in [0, 0.05) is 18.2 Å². The molecule has 0 bridgehead atoms. The monoisotopic (exact) mass is 344 g/mol. The largest absolute Gasteiger partial charge is 0.463 e. The van der Waals surface area contributed by atoms with E-state index in [9.17, 15) is 13.2 Å². The Kier molecular flexibility index (Phi) is 5.17. The van der Waals surface area contributed by atoms with E-state index in [1.165, 1.54) is 20.1 Å². The summed E-state index contributed by atoms with van der Waals surface area (Å²) in [6.07, 6.45) is 3.63. The molecule has 0 spiro atoms. The van der Waals surface area contributed by atoms with Crippen molar-refractivity contribution in [3.8, 4) is 0 Å². The van der Waals surface area contributed by atoms with E-state index in [-0.39, 0.29) is 28.9 Å². The molecule has 130 valence electrons. The highest BCUT2D eigenvalue weighted by Gasteiger charge is 2.41. The minimum Gasteiger partial charge on any atom is -0.463 e. The third kappa shape index (κ3) is 3.44. The Morgan fingerprint density at radius 1 is 1.52 bits per heavy atom. The van der Waals surface area contributed by atoms with Gasteiger partial charge in [0.15, 0.2) is 0 Å². The van der Waals surface area contributed by atoms with Crippen molar-refractivity contribution in [2.75, 3.05) is 13.7 Å². The average molecular weight is 344 g/mol. The molecule has 1 fully saturated rings. The standard InChI is InChI=1S/C15H24N2O5S/c1-10-6-4-5-7-15(10,9-16)17-23(19,20)13-8-12(14(18)21-3)22-11(13)2/h8,10,17H,4-7,9,16H2,1-3H3. The molecule has 3 N–H and O–H groups in total. The lowest BCUT2D eigenvalue weighted by atomic mass is 9.74. The Morgan fingerprint density at radius 3 is 2.78 bits per heavy atom. The van der Waals surface area contributed by atoms with Crippen LogP contribution in [0, 0.1) is 12.8 Å². The first-order valence-electron chi connectivity index (χ1n) is 7.68. The van der Waals surface area contributed by atoms with Gasteiger partial charge in [-0.15, -0.1) is 0 Å². The van der Waals surface area contributed by atoms with Gasteiger partial charge in [0.1, 0.15) is 10.7 Å². The normalized spacial score (nSPS) is 25.3. The van der Waals surface area contributed by atoms with Crippen molar-refractivity contribution >= 4 is 16.0 Å². The van der Waals surface area contributed by atoms with Gasteiger partial charge in [-0.05, 0) is 25.7 Å². The van der Waals surface area contributed by atoms with Gasteiger partial charge in [0.2, 0.25) is 15.8 Å². The number of rotatable bonds is 5. The molecule has 0 aliphatic heterocycles. The second-order valence-electron chi connectivity index (χ2n) is 6.14. The fourth-order valence-corrected chi connectivity index (χ4v) is 4.88. The van der Waals surface area contributed by atoms with Gasteiger partial charge in [0.05, 0.1) is 7.11 Å². The van der Waals surface area contributed by atoms with E-state index in [2.05, 4.69) is 9.46 Å². The SMILES string of the molecule is COC(=O)c1cc(S(=O)(=O)NC2(CN)CCCCC2C)c(C)o1. The lowest BCUT2D eigenvalue weighted by molar-refractivity contribution is 0.0563. The Morgan fingerprint density at radius 2 is 2.22 bits per heavy atom. The first-order chi connectivity index (χ1) is 10.8. The molecule has 1 saturated carbocycles. The Labute approximate surface area is 136 Å². The number of hydrogen-bond donors (Lipinski definition) is 2. The van der Waals surface area contributed by atoms with Gasteiger partial charge >= 0.3 is 5.97 Å². The summed E-state index contributed by atoms with van der Waals surface area (Å²) in [4.78, 5) is 11.5. The zero-order valence-corrected chi connectivity index (χ0v) is 14.5. The van der Waals surface area contributed by atoms with Crippen molar-refractivity contribution in [3.05, 3.63) is 17.6 Å². The topological polar surface area (TPSA) is 112 Å². The Hall–Kier alpha value is -1.38. The third-order valence-electron chi connectivity index (χ3n) is 4.70. The van der Waals surface area contributed by atoms with E-state index in [1.807, 2.05) is 6.92 Å². The van der Waals surface area contributed by atoms with Gasteiger partial charge in [-0.3, -0.25) is 0 Å². The van der Waals surface area contributed by atoms with Crippen LogP contribution in [0.5, 0.6) is 0 Å². The number of esters is 1. The molecule has 2 unspecified atom stereocenters. The minimum absolute atomic E-state index is 0.0523. The molecule has 1 aliphatic carbocycles. The van der Waals surface area contributed by atoms with E-state index < -0.39 is 21.5 Å². The lowest BCUT2D eigenvalue weighted by Gasteiger charge is -2.42. The quantitative estimate of drug-likeness (QED) is 0.784. The maximum Gasteiger partial charge on any atom is 0.373 e. The molecule has 2 rings (SSSR count). The highest BCUT2D eigenvalue weighted by Crippen LogP contribution is 2.34. The Balaban J connectivity index is 2.35. The molecule has 1 aromatic heterocycles. The molecular formula is C15H24N2O5S. The minimum atomic E-state index is -3.85. The summed E-state index contributed by atoms with van der Waals surface area (Å²) >= 11 is 0. The highest BCUT2D eigenvalue weighted by atomic mass is 32.2. The number of ether oxygens (including phenoxy) is 1. The predicted molar refractivity (Wildman–Crippen MR) is 84.5 cm³/mol. The van der Waals surface area contributed by atoms with Crippen LogP contribution in [0.15, 0.2) is 15.4 Å². The number of methoxy groups -OCH3 is 1. The molecule has 1 heterocycles. The number of nitrogens with one attached hydrogen (secondary N) is 1. The number of sulfonamides is 1.